The summed E-state index contributed by atoms with van der Waals surface area (Å²) in [7, 11) is 1.73. The second-order valence-corrected chi connectivity index (χ2v) is 5.90. The van der Waals surface area contributed by atoms with E-state index in [-0.39, 0.29) is 0 Å². The molecule has 122 valence electrons. The molecule has 0 saturated heterocycles. The summed E-state index contributed by atoms with van der Waals surface area (Å²) >= 11 is 6.62. The predicted octanol–water partition coefficient (Wildman–Crippen LogP) is 3.15. The maximum atomic E-state index is 5.84. The molecule has 0 radical (unpaired) electrons. The first-order chi connectivity index (χ1) is 11.2. The van der Waals surface area contributed by atoms with Crippen LogP contribution in [0.5, 0.6) is 11.5 Å². The Morgan fingerprint density at radius 2 is 2.17 bits per heavy atom. The van der Waals surface area contributed by atoms with E-state index in [2.05, 4.69) is 15.8 Å². The highest BCUT2D eigenvalue weighted by molar-refractivity contribution is 7.80. The third-order valence-corrected chi connectivity index (χ3v) is 3.97. The molecule has 0 saturated carbocycles. The van der Waals surface area contributed by atoms with E-state index >= 15 is 0 Å². The summed E-state index contributed by atoms with van der Waals surface area (Å²) in [4.78, 5) is 1.17. The summed E-state index contributed by atoms with van der Waals surface area (Å²) < 4.78 is 11.5. The minimum atomic E-state index is 0.460. The average Bonchev–Trinajstić information content (AvgIpc) is 3.07. The number of thiophene rings is 1. The molecular weight excluding hydrogens is 330 g/mol. The van der Waals surface area contributed by atoms with Gasteiger partial charge in [0.1, 0.15) is 6.61 Å². The van der Waals surface area contributed by atoms with Gasteiger partial charge < -0.3 is 14.8 Å². The molecule has 23 heavy (non-hydrogen) atoms. The Hall–Kier alpha value is -2.12. The molecule has 7 heteroatoms. The van der Waals surface area contributed by atoms with Crippen LogP contribution in [0, 0.1) is 0 Å². The SMILES string of the molecule is CCOc1cc(/C=N\NC(=S)NC)ccc1OCc1cccs1. The highest BCUT2D eigenvalue weighted by Gasteiger charge is 2.06. The summed E-state index contributed by atoms with van der Waals surface area (Å²) in [5.74, 6) is 1.42. The number of benzene rings is 1. The molecule has 0 atom stereocenters. The number of hydrogen-bond donors (Lipinski definition) is 2. The third kappa shape index (κ3) is 5.54. The van der Waals surface area contributed by atoms with Gasteiger partial charge in [0, 0.05) is 11.9 Å². The van der Waals surface area contributed by atoms with Gasteiger partial charge in [0.05, 0.1) is 12.8 Å². The van der Waals surface area contributed by atoms with Crippen LogP contribution in [0.4, 0.5) is 0 Å². The lowest BCUT2D eigenvalue weighted by Gasteiger charge is -2.12. The van der Waals surface area contributed by atoms with E-state index in [4.69, 9.17) is 21.7 Å². The van der Waals surface area contributed by atoms with Crippen LogP contribution in [0.2, 0.25) is 0 Å². The average molecular weight is 349 g/mol. The Kier molecular flexibility index (Phi) is 6.83. The van der Waals surface area contributed by atoms with Crippen molar-refractivity contribution in [1.29, 1.82) is 0 Å². The van der Waals surface area contributed by atoms with Crippen LogP contribution >= 0.6 is 23.6 Å². The molecule has 0 amide bonds. The lowest BCUT2D eigenvalue weighted by molar-refractivity contribution is 0.271. The second kappa shape index (κ2) is 9.12. The molecule has 2 rings (SSSR count). The quantitative estimate of drug-likeness (QED) is 0.457. The first-order valence-corrected chi connectivity index (χ1v) is 8.44. The Morgan fingerprint density at radius 3 is 2.87 bits per heavy atom. The van der Waals surface area contributed by atoms with E-state index in [0.717, 1.165) is 11.3 Å². The van der Waals surface area contributed by atoms with Gasteiger partial charge >= 0.3 is 0 Å². The number of nitrogens with one attached hydrogen (secondary N) is 2. The van der Waals surface area contributed by atoms with E-state index in [0.29, 0.717) is 24.1 Å². The fraction of sp³-hybridized carbons (Fsp3) is 0.250. The number of ether oxygens (including phenoxy) is 2. The fourth-order valence-electron chi connectivity index (χ4n) is 1.76. The Labute approximate surface area is 145 Å². The predicted molar refractivity (Wildman–Crippen MR) is 98.6 cm³/mol. The van der Waals surface area contributed by atoms with Crippen molar-refractivity contribution in [3.8, 4) is 11.5 Å². The van der Waals surface area contributed by atoms with Crippen LogP contribution < -0.4 is 20.2 Å². The maximum Gasteiger partial charge on any atom is 0.186 e. The fourth-order valence-corrected chi connectivity index (χ4v) is 2.43. The van der Waals surface area contributed by atoms with E-state index in [1.54, 1.807) is 24.6 Å². The molecule has 0 fully saturated rings. The molecule has 0 aliphatic carbocycles. The van der Waals surface area contributed by atoms with Gasteiger partial charge in [-0.15, -0.1) is 11.3 Å². The molecule has 0 aliphatic heterocycles. The van der Waals surface area contributed by atoms with Crippen molar-refractivity contribution in [3.05, 3.63) is 46.2 Å². The number of thiocarbonyl (C=S) groups is 1. The summed E-state index contributed by atoms with van der Waals surface area (Å²) in [5.41, 5.74) is 3.60. The molecule has 1 aromatic heterocycles. The zero-order valence-electron chi connectivity index (χ0n) is 13.0. The molecule has 2 aromatic rings. The van der Waals surface area contributed by atoms with Gasteiger partial charge in [0.25, 0.3) is 0 Å². The van der Waals surface area contributed by atoms with E-state index in [9.17, 15) is 0 Å². The number of nitrogens with zero attached hydrogens (tertiary/aromatic N) is 1. The van der Waals surface area contributed by atoms with Gasteiger partial charge in [-0.25, -0.2) is 0 Å². The van der Waals surface area contributed by atoms with Crippen LogP contribution in [0.3, 0.4) is 0 Å². The minimum Gasteiger partial charge on any atom is -0.490 e. The van der Waals surface area contributed by atoms with E-state index < -0.39 is 0 Å². The lowest BCUT2D eigenvalue weighted by atomic mass is 10.2. The van der Waals surface area contributed by atoms with E-state index in [1.165, 1.54) is 4.88 Å². The first-order valence-electron chi connectivity index (χ1n) is 7.15. The summed E-state index contributed by atoms with van der Waals surface area (Å²) in [6, 6.07) is 9.74. The smallest absolute Gasteiger partial charge is 0.186 e. The van der Waals surface area contributed by atoms with Crippen molar-refractivity contribution >= 4 is 34.9 Å². The zero-order valence-corrected chi connectivity index (χ0v) is 14.7. The highest BCUT2D eigenvalue weighted by atomic mass is 32.1. The van der Waals surface area contributed by atoms with Crippen LogP contribution in [-0.2, 0) is 6.61 Å². The largest absolute Gasteiger partial charge is 0.490 e. The van der Waals surface area contributed by atoms with Crippen LogP contribution in [0.1, 0.15) is 17.4 Å². The van der Waals surface area contributed by atoms with Crippen molar-refractivity contribution < 1.29 is 9.47 Å². The number of hydrazone groups is 1. The highest BCUT2D eigenvalue weighted by Crippen LogP contribution is 2.29. The maximum absolute atomic E-state index is 5.84. The van der Waals surface area contributed by atoms with Crippen molar-refractivity contribution in [1.82, 2.24) is 10.7 Å². The Bertz CT molecular complexity index is 657. The van der Waals surface area contributed by atoms with Crippen LogP contribution in [0.25, 0.3) is 0 Å². The molecule has 5 nitrogen and oxygen atoms in total. The van der Waals surface area contributed by atoms with Gasteiger partial charge in [-0.2, -0.15) is 5.10 Å². The first kappa shape index (κ1) is 17.2. The van der Waals surface area contributed by atoms with Crippen molar-refractivity contribution in [2.75, 3.05) is 13.7 Å². The zero-order chi connectivity index (χ0) is 16.5. The second-order valence-electron chi connectivity index (χ2n) is 4.46. The van der Waals surface area contributed by atoms with Gasteiger partial charge in [-0.05, 0) is 54.4 Å². The summed E-state index contributed by atoms with van der Waals surface area (Å²) in [6.45, 7) is 3.04. The van der Waals surface area contributed by atoms with Crippen molar-refractivity contribution in [2.24, 2.45) is 5.10 Å². The van der Waals surface area contributed by atoms with Gasteiger partial charge in [0.2, 0.25) is 0 Å². The van der Waals surface area contributed by atoms with Crippen LogP contribution in [-0.4, -0.2) is 25.0 Å². The summed E-state index contributed by atoms with van der Waals surface area (Å²) in [6.07, 6.45) is 1.68. The van der Waals surface area contributed by atoms with Gasteiger partial charge in [0.15, 0.2) is 16.6 Å². The standard InChI is InChI=1S/C16H19N3O2S2/c1-3-20-15-9-12(10-18-19-16(22)17-2)6-7-14(15)21-11-13-5-4-8-23-13/h4-10H,3,11H2,1-2H3,(H2,17,19,22)/b18-10-. The molecule has 2 N–H and O–H groups in total. The normalized spacial score (nSPS) is 10.5. The molecule has 0 spiro atoms. The van der Waals surface area contributed by atoms with Crippen LogP contribution in [0.15, 0.2) is 40.8 Å². The summed E-state index contributed by atoms with van der Waals surface area (Å²) in [5, 5.41) is 9.33. The van der Waals surface area contributed by atoms with Gasteiger partial charge in [-0.1, -0.05) is 6.07 Å². The lowest BCUT2D eigenvalue weighted by Crippen LogP contribution is -2.28. The van der Waals surface area contributed by atoms with Crippen molar-refractivity contribution in [2.45, 2.75) is 13.5 Å². The molecule has 0 aliphatic rings. The van der Waals surface area contributed by atoms with Gasteiger partial charge in [-0.3, -0.25) is 5.43 Å². The Morgan fingerprint density at radius 1 is 1.30 bits per heavy atom. The van der Waals surface area contributed by atoms with Crippen molar-refractivity contribution in [3.63, 3.8) is 0 Å². The molecule has 1 heterocycles. The Balaban J connectivity index is 2.05. The minimum absolute atomic E-state index is 0.460. The number of hydrogen-bond acceptors (Lipinski definition) is 5. The molecular formula is C16H19N3O2S2. The monoisotopic (exact) mass is 349 g/mol. The topological polar surface area (TPSA) is 54.9 Å². The number of rotatable bonds is 7. The molecule has 0 bridgehead atoms. The molecule has 1 aromatic carbocycles. The third-order valence-electron chi connectivity index (χ3n) is 2.82. The van der Waals surface area contributed by atoms with E-state index in [1.807, 2.05) is 42.6 Å². The molecule has 0 unspecified atom stereocenters.